The average Bonchev–Trinajstić information content (AvgIpc) is 2.88. The van der Waals surface area contributed by atoms with Gasteiger partial charge in [0.2, 0.25) is 5.91 Å². The Hall–Kier alpha value is -4.24. The van der Waals surface area contributed by atoms with E-state index in [9.17, 15) is 14.9 Å². The van der Waals surface area contributed by atoms with E-state index in [1.54, 1.807) is 25.3 Å². The van der Waals surface area contributed by atoms with Crippen LogP contribution in [0.25, 0.3) is 10.8 Å². The average molecular weight is 548 g/mol. The van der Waals surface area contributed by atoms with Gasteiger partial charge in [-0.05, 0) is 55.5 Å². The predicted molar refractivity (Wildman–Crippen MR) is 142 cm³/mol. The van der Waals surface area contributed by atoms with Gasteiger partial charge in [0.1, 0.15) is 6.61 Å². The summed E-state index contributed by atoms with van der Waals surface area (Å²) < 4.78 is 12.3. The fraction of sp³-hybridized carbons (Fsp3) is 0.111. The first-order chi connectivity index (χ1) is 17.4. The normalized spacial score (nSPS) is 10.9. The number of ether oxygens (including phenoxy) is 2. The Bertz CT molecular complexity index is 1430. The summed E-state index contributed by atoms with van der Waals surface area (Å²) in [5.41, 5.74) is 4.82. The molecule has 182 valence electrons. The number of fused-ring (bicyclic) bond motifs is 1. The first-order valence-corrected chi connectivity index (χ1v) is 11.8. The number of carbonyl (C=O) groups is 1. The molecule has 4 aromatic carbocycles. The van der Waals surface area contributed by atoms with Crippen molar-refractivity contribution in [2.45, 2.75) is 13.0 Å². The van der Waals surface area contributed by atoms with Gasteiger partial charge in [0.05, 0.1) is 29.1 Å². The minimum atomic E-state index is -0.486. The van der Waals surface area contributed by atoms with E-state index in [2.05, 4.69) is 44.7 Å². The molecule has 1 amide bonds. The highest BCUT2D eigenvalue weighted by Crippen LogP contribution is 2.37. The maximum Gasteiger partial charge on any atom is 0.269 e. The molecule has 9 heteroatoms. The molecule has 0 heterocycles. The summed E-state index contributed by atoms with van der Waals surface area (Å²) in [6.45, 7) is 0.364. The van der Waals surface area contributed by atoms with Crippen LogP contribution in [0.15, 0.2) is 88.4 Å². The Morgan fingerprint density at radius 2 is 1.83 bits per heavy atom. The molecule has 8 nitrogen and oxygen atoms in total. The summed E-state index contributed by atoms with van der Waals surface area (Å²) in [5, 5.41) is 17.0. The molecule has 0 saturated heterocycles. The van der Waals surface area contributed by atoms with Gasteiger partial charge in [0.25, 0.3) is 5.69 Å². The second kappa shape index (κ2) is 11.5. The summed E-state index contributed by atoms with van der Waals surface area (Å²) in [4.78, 5) is 22.4. The number of amides is 1. The van der Waals surface area contributed by atoms with Gasteiger partial charge in [-0.3, -0.25) is 14.9 Å². The number of benzene rings is 4. The molecule has 0 fully saturated rings. The Labute approximate surface area is 215 Å². The lowest BCUT2D eigenvalue weighted by atomic mass is 10.1. The van der Waals surface area contributed by atoms with E-state index in [0.29, 0.717) is 33.7 Å². The second-order valence-electron chi connectivity index (χ2n) is 7.85. The van der Waals surface area contributed by atoms with E-state index in [1.807, 2.05) is 30.3 Å². The van der Waals surface area contributed by atoms with E-state index < -0.39 is 4.92 Å². The van der Waals surface area contributed by atoms with Gasteiger partial charge in [-0.2, -0.15) is 5.10 Å². The summed E-state index contributed by atoms with van der Waals surface area (Å²) in [5.74, 6) is 0.731. The van der Waals surface area contributed by atoms with Crippen LogP contribution in [0.1, 0.15) is 16.7 Å². The molecule has 0 atom stereocenters. The number of carbonyl (C=O) groups excluding carboxylic acids is 1. The summed E-state index contributed by atoms with van der Waals surface area (Å²) in [6.07, 6.45) is 1.54. The van der Waals surface area contributed by atoms with E-state index >= 15 is 0 Å². The Balaban J connectivity index is 1.40. The second-order valence-corrected chi connectivity index (χ2v) is 8.71. The van der Waals surface area contributed by atoms with Gasteiger partial charge < -0.3 is 9.47 Å². The molecular formula is C27H22BrN3O5. The zero-order valence-corrected chi connectivity index (χ0v) is 20.9. The first-order valence-electron chi connectivity index (χ1n) is 11.0. The number of methoxy groups -OCH3 is 1. The zero-order valence-electron chi connectivity index (χ0n) is 19.3. The maximum atomic E-state index is 12.2. The molecule has 0 bridgehead atoms. The Morgan fingerprint density at radius 1 is 1.08 bits per heavy atom. The SMILES string of the molecule is COc1cc(/C=N\NC(=O)Cc2ccc([N+](=O)[O-])cc2)cc(Br)c1OCc1cccc2ccccc12. The molecule has 36 heavy (non-hydrogen) atoms. The van der Waals surface area contributed by atoms with Crippen molar-refractivity contribution in [3.8, 4) is 11.5 Å². The molecule has 4 rings (SSSR count). The van der Waals surface area contributed by atoms with Crippen molar-refractivity contribution in [1.29, 1.82) is 0 Å². The van der Waals surface area contributed by atoms with Crippen LogP contribution >= 0.6 is 15.9 Å². The van der Waals surface area contributed by atoms with Gasteiger partial charge in [-0.15, -0.1) is 0 Å². The van der Waals surface area contributed by atoms with E-state index in [0.717, 1.165) is 16.3 Å². The molecule has 1 N–H and O–H groups in total. The lowest BCUT2D eigenvalue weighted by Gasteiger charge is -2.14. The van der Waals surface area contributed by atoms with Crippen LogP contribution in [-0.4, -0.2) is 24.2 Å². The Kier molecular flexibility index (Phi) is 7.92. The number of nitro benzene ring substituents is 1. The number of rotatable bonds is 9. The summed E-state index contributed by atoms with van der Waals surface area (Å²) in [7, 11) is 1.56. The number of halogens is 1. The van der Waals surface area contributed by atoms with Gasteiger partial charge in [0, 0.05) is 12.1 Å². The number of hydrogen-bond acceptors (Lipinski definition) is 6. The quantitative estimate of drug-likeness (QED) is 0.162. The van der Waals surface area contributed by atoms with Crippen LogP contribution in [-0.2, 0) is 17.8 Å². The van der Waals surface area contributed by atoms with Crippen molar-refractivity contribution >= 4 is 44.5 Å². The molecule has 0 spiro atoms. The highest BCUT2D eigenvalue weighted by Gasteiger charge is 2.13. The maximum absolute atomic E-state index is 12.2. The molecule has 0 aromatic heterocycles. The highest BCUT2D eigenvalue weighted by molar-refractivity contribution is 9.10. The van der Waals surface area contributed by atoms with Crippen molar-refractivity contribution in [2.24, 2.45) is 5.10 Å². The Morgan fingerprint density at radius 3 is 2.58 bits per heavy atom. The molecule has 0 aliphatic heterocycles. The van der Waals surface area contributed by atoms with Crippen molar-refractivity contribution in [3.63, 3.8) is 0 Å². The molecule has 0 saturated carbocycles. The number of nitro groups is 1. The zero-order chi connectivity index (χ0) is 25.5. The van der Waals surface area contributed by atoms with Crippen molar-refractivity contribution in [2.75, 3.05) is 7.11 Å². The number of hydrogen-bond donors (Lipinski definition) is 1. The molecule has 4 aromatic rings. The molecule has 0 aliphatic rings. The van der Waals surface area contributed by atoms with Crippen LogP contribution in [0.2, 0.25) is 0 Å². The number of non-ortho nitro benzene ring substituents is 1. The topological polar surface area (TPSA) is 103 Å². The van der Waals surface area contributed by atoms with Gasteiger partial charge >= 0.3 is 0 Å². The smallest absolute Gasteiger partial charge is 0.269 e. The van der Waals surface area contributed by atoms with Crippen LogP contribution in [0.3, 0.4) is 0 Å². The fourth-order valence-corrected chi connectivity index (χ4v) is 4.24. The van der Waals surface area contributed by atoms with Crippen molar-refractivity contribution in [1.82, 2.24) is 5.43 Å². The first kappa shape index (κ1) is 24.9. The largest absolute Gasteiger partial charge is 0.493 e. The third-order valence-electron chi connectivity index (χ3n) is 5.42. The van der Waals surface area contributed by atoms with Gasteiger partial charge in [-0.25, -0.2) is 5.43 Å². The number of hydrazone groups is 1. The molecular weight excluding hydrogens is 526 g/mol. The lowest BCUT2D eigenvalue weighted by Crippen LogP contribution is -2.19. The van der Waals surface area contributed by atoms with Crippen LogP contribution in [0.5, 0.6) is 11.5 Å². The van der Waals surface area contributed by atoms with Crippen LogP contribution in [0.4, 0.5) is 5.69 Å². The van der Waals surface area contributed by atoms with E-state index in [4.69, 9.17) is 9.47 Å². The minimum Gasteiger partial charge on any atom is -0.493 e. The van der Waals surface area contributed by atoms with Gasteiger partial charge in [-0.1, -0.05) is 54.6 Å². The predicted octanol–water partition coefficient (Wildman–Crippen LogP) is 5.79. The summed E-state index contributed by atoms with van der Waals surface area (Å²) in [6, 6.07) is 23.6. The van der Waals surface area contributed by atoms with Crippen molar-refractivity contribution < 1.29 is 19.2 Å². The van der Waals surface area contributed by atoms with Gasteiger partial charge in [0.15, 0.2) is 11.5 Å². The third-order valence-corrected chi connectivity index (χ3v) is 6.01. The monoisotopic (exact) mass is 547 g/mol. The standard InChI is InChI=1S/C27H22BrN3O5/c1-35-25-14-19(16-29-30-26(32)15-18-9-11-22(12-10-18)31(33)34)13-24(28)27(25)36-17-21-7-4-6-20-5-2-3-8-23(20)21/h2-14,16H,15,17H2,1H3,(H,30,32)/b29-16-. The lowest BCUT2D eigenvalue weighted by molar-refractivity contribution is -0.384. The van der Waals surface area contributed by atoms with E-state index in [1.165, 1.54) is 18.3 Å². The number of nitrogens with zero attached hydrogens (tertiary/aromatic N) is 2. The molecule has 0 unspecified atom stereocenters. The number of nitrogens with one attached hydrogen (secondary N) is 1. The highest BCUT2D eigenvalue weighted by atomic mass is 79.9. The van der Waals surface area contributed by atoms with Crippen LogP contribution < -0.4 is 14.9 Å². The van der Waals surface area contributed by atoms with E-state index in [-0.39, 0.29) is 18.0 Å². The third kappa shape index (κ3) is 6.05. The minimum absolute atomic E-state index is 0.0266. The van der Waals surface area contributed by atoms with Crippen LogP contribution in [0, 0.1) is 10.1 Å². The fourth-order valence-electron chi connectivity index (χ4n) is 3.66. The molecule has 0 radical (unpaired) electrons. The summed E-state index contributed by atoms with van der Waals surface area (Å²) >= 11 is 3.54. The molecule has 0 aliphatic carbocycles. The van der Waals surface area contributed by atoms with Crippen molar-refractivity contribution in [3.05, 3.63) is 110 Å².